The molecule has 2 N–H and O–H groups in total. The molecule has 41 heavy (non-hydrogen) atoms. The Morgan fingerprint density at radius 1 is 1.15 bits per heavy atom. The number of fused-ring (bicyclic) bond motifs is 2. The van der Waals surface area contributed by atoms with E-state index in [4.69, 9.17) is 0 Å². The van der Waals surface area contributed by atoms with Gasteiger partial charge in [-0.25, -0.2) is 28.4 Å². The van der Waals surface area contributed by atoms with Crippen LogP contribution in [-0.4, -0.2) is 55.2 Å². The first-order valence-corrected chi connectivity index (χ1v) is 12.2. The van der Waals surface area contributed by atoms with Crippen molar-refractivity contribution in [1.82, 2.24) is 24.7 Å². The molecule has 0 saturated heterocycles. The lowest BCUT2D eigenvalue weighted by Crippen LogP contribution is -2.45. The Hall–Kier alpha value is -4.11. The number of pyridine rings is 1. The summed E-state index contributed by atoms with van der Waals surface area (Å²) in [5, 5.41) is 8.62. The molecule has 2 unspecified atom stereocenters. The lowest BCUT2D eigenvalue weighted by atomic mass is 9.83. The summed E-state index contributed by atoms with van der Waals surface area (Å²) in [5.74, 6) is -4.03. The Morgan fingerprint density at radius 3 is 2.54 bits per heavy atom. The lowest BCUT2D eigenvalue weighted by Gasteiger charge is -2.26. The Labute approximate surface area is 226 Å². The molecule has 3 aromatic heterocycles. The first kappa shape index (κ1) is 28.4. The van der Waals surface area contributed by atoms with Crippen LogP contribution in [0.25, 0.3) is 22.6 Å². The summed E-state index contributed by atoms with van der Waals surface area (Å²) in [4.78, 5) is 24.6. The second-order valence-electron chi connectivity index (χ2n) is 10.0. The second-order valence-corrected chi connectivity index (χ2v) is 10.0. The number of nitrogens with one attached hydrogen (secondary N) is 2. The minimum Gasteiger partial charge on any atom is -0.369 e. The minimum atomic E-state index is -5.16. The standard InChI is InChI=1S/C25H21F8N7O/c1-22(27)6-4-3-5-12(22)11-40-20-14(9-13(26)10-35-20)16(39-40)19-36-17(34-8-7-24(28,29)30)15-18(37-19)38-21(41)23(15,2)25(31,32)33/h3-5,9-10H,6-8,11H2,1-2H3,(H2,34,36,37,38,41). The normalized spacial score (nSPS) is 22.6. The molecule has 2 aliphatic rings. The highest BCUT2D eigenvalue weighted by Gasteiger charge is 2.63. The molecule has 3 aromatic rings. The molecule has 16 heteroatoms. The quantitative estimate of drug-likeness (QED) is 0.355. The van der Waals surface area contributed by atoms with Gasteiger partial charge in [-0.05, 0) is 25.5 Å². The SMILES string of the molecule is CC1(F)CC=CC=C1Cn1nc(-c2nc(NCCC(F)(F)F)c3c(n2)NC(=O)C3(C)C(F)(F)F)c2cc(F)cnc21. The van der Waals surface area contributed by atoms with Crippen LogP contribution in [0.3, 0.4) is 0 Å². The second kappa shape index (κ2) is 9.48. The lowest BCUT2D eigenvalue weighted by molar-refractivity contribution is -0.186. The number of allylic oxidation sites excluding steroid dienone is 4. The minimum absolute atomic E-state index is 0.00149. The fraction of sp³-hybridized carbons (Fsp3) is 0.400. The van der Waals surface area contributed by atoms with Crippen molar-refractivity contribution in [3.05, 3.63) is 47.4 Å². The van der Waals surface area contributed by atoms with Crippen LogP contribution in [0.4, 0.5) is 46.8 Å². The zero-order chi connectivity index (χ0) is 30.0. The molecule has 1 amide bonds. The molecule has 0 fully saturated rings. The number of anilines is 2. The van der Waals surface area contributed by atoms with Gasteiger partial charge in [-0.3, -0.25) is 4.79 Å². The third kappa shape index (κ3) is 4.99. The Balaban J connectivity index is 1.67. The first-order chi connectivity index (χ1) is 19.0. The Bertz CT molecular complexity index is 1610. The van der Waals surface area contributed by atoms with E-state index >= 15 is 4.39 Å². The topological polar surface area (TPSA) is 97.6 Å². The summed E-state index contributed by atoms with van der Waals surface area (Å²) in [6, 6.07) is 1.01. The van der Waals surface area contributed by atoms with Crippen molar-refractivity contribution >= 4 is 28.6 Å². The largest absolute Gasteiger partial charge is 0.407 e. The molecule has 0 radical (unpaired) electrons. The third-order valence-electron chi connectivity index (χ3n) is 7.05. The van der Waals surface area contributed by atoms with Crippen molar-refractivity contribution in [2.75, 3.05) is 17.2 Å². The smallest absolute Gasteiger partial charge is 0.369 e. The van der Waals surface area contributed by atoms with Gasteiger partial charge in [0.05, 0.1) is 30.1 Å². The predicted octanol–water partition coefficient (Wildman–Crippen LogP) is 5.78. The number of rotatable bonds is 6. The summed E-state index contributed by atoms with van der Waals surface area (Å²) < 4.78 is 111. The molecule has 1 aliphatic heterocycles. The monoisotopic (exact) mass is 587 g/mol. The molecule has 0 saturated carbocycles. The molecule has 0 aromatic carbocycles. The maximum atomic E-state index is 15.1. The van der Waals surface area contributed by atoms with Crippen molar-refractivity contribution in [3.8, 4) is 11.5 Å². The summed E-state index contributed by atoms with van der Waals surface area (Å²) in [5.41, 5.74) is -5.54. The molecule has 218 valence electrons. The van der Waals surface area contributed by atoms with Gasteiger partial charge < -0.3 is 10.6 Å². The highest BCUT2D eigenvalue weighted by atomic mass is 19.4. The molecule has 8 nitrogen and oxygen atoms in total. The van der Waals surface area contributed by atoms with E-state index in [0.717, 1.165) is 12.3 Å². The number of hydrogen-bond donors (Lipinski definition) is 2. The summed E-state index contributed by atoms with van der Waals surface area (Å²) in [7, 11) is 0. The fourth-order valence-corrected chi connectivity index (χ4v) is 4.66. The van der Waals surface area contributed by atoms with Gasteiger partial charge in [-0.15, -0.1) is 0 Å². The summed E-state index contributed by atoms with van der Waals surface area (Å²) >= 11 is 0. The van der Waals surface area contributed by atoms with E-state index < -0.39 is 71.1 Å². The van der Waals surface area contributed by atoms with Crippen molar-refractivity contribution in [2.45, 2.75) is 56.7 Å². The highest BCUT2D eigenvalue weighted by molar-refractivity contribution is 6.07. The van der Waals surface area contributed by atoms with Gasteiger partial charge in [0.15, 0.2) is 16.9 Å². The average Bonchev–Trinajstić information content (AvgIpc) is 3.33. The van der Waals surface area contributed by atoms with Crippen molar-refractivity contribution < 1.29 is 39.9 Å². The first-order valence-electron chi connectivity index (χ1n) is 12.2. The van der Waals surface area contributed by atoms with Gasteiger partial charge >= 0.3 is 12.4 Å². The van der Waals surface area contributed by atoms with E-state index in [-0.39, 0.29) is 29.7 Å². The molecule has 0 spiro atoms. The molecule has 5 rings (SSSR count). The van der Waals surface area contributed by atoms with E-state index in [1.165, 1.54) is 11.6 Å². The van der Waals surface area contributed by atoms with Crippen LogP contribution in [0.2, 0.25) is 0 Å². The van der Waals surface area contributed by atoms with Gasteiger partial charge in [-0.1, -0.05) is 18.2 Å². The van der Waals surface area contributed by atoms with Gasteiger partial charge in [0.2, 0.25) is 5.91 Å². The molecular weight excluding hydrogens is 566 g/mol. The Morgan fingerprint density at radius 2 is 1.88 bits per heavy atom. The molecule has 2 atom stereocenters. The number of alkyl halides is 7. The van der Waals surface area contributed by atoms with Gasteiger partial charge in [0.25, 0.3) is 0 Å². The zero-order valence-electron chi connectivity index (χ0n) is 21.4. The van der Waals surface area contributed by atoms with Crippen LogP contribution >= 0.6 is 0 Å². The van der Waals surface area contributed by atoms with E-state index in [9.17, 15) is 35.5 Å². The van der Waals surface area contributed by atoms with Crippen LogP contribution < -0.4 is 10.6 Å². The van der Waals surface area contributed by atoms with Gasteiger partial charge in [0, 0.05) is 13.0 Å². The van der Waals surface area contributed by atoms with E-state index in [2.05, 4.69) is 25.4 Å². The van der Waals surface area contributed by atoms with Crippen LogP contribution in [0.15, 0.2) is 36.1 Å². The van der Waals surface area contributed by atoms with E-state index in [1.807, 2.05) is 5.32 Å². The van der Waals surface area contributed by atoms with E-state index in [1.54, 1.807) is 18.2 Å². The van der Waals surface area contributed by atoms with Crippen LogP contribution in [-0.2, 0) is 16.8 Å². The van der Waals surface area contributed by atoms with Gasteiger partial charge in [0.1, 0.15) is 28.8 Å². The maximum Gasteiger partial charge on any atom is 0.407 e. The predicted molar refractivity (Wildman–Crippen MR) is 131 cm³/mol. The van der Waals surface area contributed by atoms with Crippen molar-refractivity contribution in [3.63, 3.8) is 0 Å². The van der Waals surface area contributed by atoms with E-state index in [0.29, 0.717) is 12.5 Å². The number of amides is 1. The molecule has 0 bridgehead atoms. The highest BCUT2D eigenvalue weighted by Crippen LogP contribution is 2.51. The van der Waals surface area contributed by atoms with Crippen molar-refractivity contribution in [2.24, 2.45) is 0 Å². The van der Waals surface area contributed by atoms with Crippen LogP contribution in [0, 0.1) is 5.82 Å². The van der Waals surface area contributed by atoms with Crippen LogP contribution in [0.5, 0.6) is 0 Å². The average molecular weight is 587 g/mol. The molecule has 1 aliphatic carbocycles. The number of carbonyl (C=O) groups is 1. The van der Waals surface area contributed by atoms with Crippen LogP contribution in [0.1, 0.15) is 32.3 Å². The Kier molecular flexibility index (Phi) is 6.57. The number of halogens is 8. The van der Waals surface area contributed by atoms with Gasteiger partial charge in [-0.2, -0.15) is 31.4 Å². The summed E-state index contributed by atoms with van der Waals surface area (Å²) in [6.45, 7) is 0.925. The molecule has 4 heterocycles. The fourth-order valence-electron chi connectivity index (χ4n) is 4.66. The zero-order valence-corrected chi connectivity index (χ0v) is 21.4. The summed E-state index contributed by atoms with van der Waals surface area (Å²) in [6.07, 6.45) is -5.40. The maximum absolute atomic E-state index is 15.1. The van der Waals surface area contributed by atoms with Crippen molar-refractivity contribution in [1.29, 1.82) is 0 Å². The number of nitrogens with zero attached hydrogens (tertiary/aromatic N) is 5. The number of aromatic nitrogens is 5. The number of carbonyl (C=O) groups excluding carboxylic acids is 1. The number of hydrogen-bond acceptors (Lipinski definition) is 6. The third-order valence-corrected chi connectivity index (χ3v) is 7.05. The molecular formula is C25H21F8N7O.